The van der Waals surface area contributed by atoms with Crippen LogP contribution in [0.3, 0.4) is 0 Å². The summed E-state index contributed by atoms with van der Waals surface area (Å²) in [7, 11) is 1.28. The molecule has 3 rings (SSSR count). The molecule has 26 heavy (non-hydrogen) atoms. The largest absolute Gasteiger partial charge is 0.465 e. The molecule has 1 unspecified atom stereocenters. The molecule has 1 fully saturated rings. The van der Waals surface area contributed by atoms with E-state index in [2.05, 4.69) is 20.5 Å². The Morgan fingerprint density at radius 1 is 1.38 bits per heavy atom. The number of hydrogen-bond donors (Lipinski definition) is 2. The van der Waals surface area contributed by atoms with Crippen LogP contribution in [-0.4, -0.2) is 41.9 Å². The number of methoxy groups -OCH3 is 1. The zero-order chi connectivity index (χ0) is 17.8. The smallest absolute Gasteiger partial charge is 0.339 e. The number of rotatable bonds is 4. The van der Waals surface area contributed by atoms with Crippen LogP contribution in [0.25, 0.3) is 0 Å². The van der Waals surface area contributed by atoms with Crippen molar-refractivity contribution < 1.29 is 14.3 Å². The van der Waals surface area contributed by atoms with Crippen LogP contribution < -0.4 is 10.6 Å². The Morgan fingerprint density at radius 3 is 2.85 bits per heavy atom. The van der Waals surface area contributed by atoms with Crippen molar-refractivity contribution in [2.24, 2.45) is 0 Å². The van der Waals surface area contributed by atoms with Crippen LogP contribution in [0, 0.1) is 0 Å². The van der Waals surface area contributed by atoms with E-state index in [1.807, 2.05) is 10.9 Å². The van der Waals surface area contributed by atoms with Gasteiger partial charge in [0, 0.05) is 18.4 Å². The van der Waals surface area contributed by atoms with E-state index in [4.69, 9.17) is 11.6 Å². The topological polar surface area (TPSA) is 85.2 Å². The van der Waals surface area contributed by atoms with Crippen molar-refractivity contribution in [1.82, 2.24) is 15.1 Å². The maximum atomic E-state index is 12.4. The zero-order valence-corrected chi connectivity index (χ0v) is 15.8. The highest BCUT2D eigenvalue weighted by Crippen LogP contribution is 2.22. The normalized spacial score (nSPS) is 16.5. The van der Waals surface area contributed by atoms with E-state index in [1.165, 1.54) is 19.2 Å². The first-order chi connectivity index (χ1) is 12.1. The first-order valence-electron chi connectivity index (χ1n) is 8.03. The summed E-state index contributed by atoms with van der Waals surface area (Å²) in [5.74, 6) is -0.855. The van der Waals surface area contributed by atoms with Crippen LogP contribution in [0.1, 0.15) is 39.7 Å². The van der Waals surface area contributed by atoms with Crippen LogP contribution in [0.5, 0.6) is 0 Å². The van der Waals surface area contributed by atoms with Crippen LogP contribution in [-0.2, 0) is 4.74 Å². The highest BCUT2D eigenvalue weighted by molar-refractivity contribution is 6.34. The van der Waals surface area contributed by atoms with Crippen molar-refractivity contribution in [1.29, 1.82) is 0 Å². The van der Waals surface area contributed by atoms with Crippen LogP contribution in [0.2, 0.25) is 5.02 Å². The summed E-state index contributed by atoms with van der Waals surface area (Å²) in [6, 6.07) is 6.57. The number of piperidine rings is 1. The van der Waals surface area contributed by atoms with Crippen molar-refractivity contribution in [3.63, 3.8) is 0 Å². The molecule has 1 saturated heterocycles. The summed E-state index contributed by atoms with van der Waals surface area (Å²) in [4.78, 5) is 23.9. The van der Waals surface area contributed by atoms with E-state index in [0.29, 0.717) is 11.4 Å². The fourth-order valence-electron chi connectivity index (χ4n) is 2.79. The predicted molar refractivity (Wildman–Crippen MR) is 101 cm³/mol. The number of halogens is 2. The van der Waals surface area contributed by atoms with Crippen molar-refractivity contribution in [3.05, 3.63) is 46.7 Å². The highest BCUT2D eigenvalue weighted by atomic mass is 35.5. The molecule has 1 aliphatic rings. The third kappa shape index (κ3) is 4.55. The Hall–Kier alpha value is -2.09. The molecule has 9 heteroatoms. The van der Waals surface area contributed by atoms with Gasteiger partial charge in [-0.05, 0) is 43.7 Å². The lowest BCUT2D eigenvalue weighted by molar-refractivity contribution is 0.0601. The molecule has 0 saturated carbocycles. The summed E-state index contributed by atoms with van der Waals surface area (Å²) in [6.45, 7) is 1.88. The number of ether oxygens (including phenoxy) is 1. The van der Waals surface area contributed by atoms with Crippen LogP contribution in [0.4, 0.5) is 5.69 Å². The minimum atomic E-state index is -0.525. The molecule has 0 radical (unpaired) electrons. The number of benzene rings is 1. The lowest BCUT2D eigenvalue weighted by atomic mass is 10.1. The van der Waals surface area contributed by atoms with Gasteiger partial charge in [0.1, 0.15) is 0 Å². The summed E-state index contributed by atoms with van der Waals surface area (Å²) < 4.78 is 6.47. The number of esters is 1. The minimum absolute atomic E-state index is 0. The molecule has 1 amide bonds. The van der Waals surface area contributed by atoms with Crippen molar-refractivity contribution in [2.75, 3.05) is 25.5 Å². The van der Waals surface area contributed by atoms with Gasteiger partial charge in [0.15, 0.2) is 5.69 Å². The van der Waals surface area contributed by atoms with Crippen molar-refractivity contribution in [3.8, 4) is 0 Å². The number of carbonyl (C=O) groups is 2. The van der Waals surface area contributed by atoms with Gasteiger partial charge >= 0.3 is 5.97 Å². The fourth-order valence-corrected chi connectivity index (χ4v) is 3.04. The lowest BCUT2D eigenvalue weighted by Crippen LogP contribution is -2.32. The van der Waals surface area contributed by atoms with E-state index < -0.39 is 5.97 Å². The monoisotopic (exact) mass is 398 g/mol. The number of aromatic nitrogens is 2. The fraction of sp³-hybridized carbons (Fsp3) is 0.353. The second-order valence-electron chi connectivity index (χ2n) is 5.82. The molecule has 140 valence electrons. The van der Waals surface area contributed by atoms with Crippen molar-refractivity contribution >= 4 is 41.6 Å². The zero-order valence-electron chi connectivity index (χ0n) is 14.2. The SMILES string of the molecule is COC(=O)c1ccc(NC(=O)c2ccn(C3CCCNC3)n2)cc1Cl.Cl. The summed E-state index contributed by atoms with van der Waals surface area (Å²) in [5, 5.41) is 10.6. The average molecular weight is 399 g/mol. The van der Waals surface area contributed by atoms with E-state index in [9.17, 15) is 9.59 Å². The first-order valence-corrected chi connectivity index (χ1v) is 8.41. The molecule has 2 heterocycles. The lowest BCUT2D eigenvalue weighted by Gasteiger charge is -2.22. The molecule has 0 aliphatic carbocycles. The molecule has 1 aromatic carbocycles. The molecule has 7 nitrogen and oxygen atoms in total. The molecule has 2 aromatic rings. The second kappa shape index (κ2) is 9.02. The van der Waals surface area contributed by atoms with Crippen LogP contribution in [0.15, 0.2) is 30.5 Å². The maximum Gasteiger partial charge on any atom is 0.339 e. The Kier molecular flexibility index (Phi) is 7.02. The number of anilines is 1. The quantitative estimate of drug-likeness (QED) is 0.773. The number of amides is 1. The summed E-state index contributed by atoms with van der Waals surface area (Å²) in [5.41, 5.74) is 1.06. The second-order valence-corrected chi connectivity index (χ2v) is 6.23. The van der Waals surface area contributed by atoms with Gasteiger partial charge in [0.05, 0.1) is 23.7 Å². The van der Waals surface area contributed by atoms with E-state index in [0.717, 1.165) is 25.9 Å². The molecule has 1 aliphatic heterocycles. The molecular formula is C17H20Cl2N4O3. The average Bonchev–Trinajstić information content (AvgIpc) is 3.12. The maximum absolute atomic E-state index is 12.4. The van der Waals surface area contributed by atoms with E-state index in [-0.39, 0.29) is 34.9 Å². The van der Waals surface area contributed by atoms with Gasteiger partial charge in [0.25, 0.3) is 5.91 Å². The van der Waals surface area contributed by atoms with Crippen LogP contribution >= 0.6 is 24.0 Å². The molecular weight excluding hydrogens is 379 g/mol. The highest BCUT2D eigenvalue weighted by Gasteiger charge is 2.18. The van der Waals surface area contributed by atoms with Crippen molar-refractivity contribution in [2.45, 2.75) is 18.9 Å². The summed E-state index contributed by atoms with van der Waals surface area (Å²) >= 11 is 6.06. The molecule has 0 bridgehead atoms. The van der Waals surface area contributed by atoms with Gasteiger partial charge in [-0.15, -0.1) is 12.4 Å². The number of carbonyl (C=O) groups excluding carboxylic acids is 2. The van der Waals surface area contributed by atoms with Gasteiger partial charge < -0.3 is 15.4 Å². The first kappa shape index (κ1) is 20.2. The Bertz CT molecular complexity index is 788. The number of nitrogens with one attached hydrogen (secondary N) is 2. The van der Waals surface area contributed by atoms with Gasteiger partial charge in [0.2, 0.25) is 0 Å². The minimum Gasteiger partial charge on any atom is -0.465 e. The van der Waals surface area contributed by atoms with E-state index in [1.54, 1.807) is 12.1 Å². The Labute approximate surface area is 162 Å². The predicted octanol–water partition coefficient (Wildman–Crippen LogP) is 2.92. The van der Waals surface area contributed by atoms with Gasteiger partial charge in [-0.1, -0.05) is 11.6 Å². The Balaban J connectivity index is 0.00000243. The number of hydrogen-bond acceptors (Lipinski definition) is 5. The standard InChI is InChI=1S/C17H19ClN4O3.ClH/c1-25-17(24)13-5-4-11(9-14(13)18)20-16(23)15-6-8-22(21-15)12-3-2-7-19-10-12;/h4-6,8-9,12,19H,2-3,7,10H2,1H3,(H,20,23);1H. The number of nitrogens with zero attached hydrogens (tertiary/aromatic N) is 2. The molecule has 1 aromatic heterocycles. The Morgan fingerprint density at radius 2 is 2.19 bits per heavy atom. The van der Waals surface area contributed by atoms with E-state index >= 15 is 0 Å². The van der Waals surface area contributed by atoms with Gasteiger partial charge in [-0.3, -0.25) is 9.48 Å². The third-order valence-electron chi connectivity index (χ3n) is 4.12. The van der Waals surface area contributed by atoms with Gasteiger partial charge in [-0.25, -0.2) is 4.79 Å². The molecule has 0 spiro atoms. The third-order valence-corrected chi connectivity index (χ3v) is 4.43. The molecule has 1 atom stereocenters. The molecule has 2 N–H and O–H groups in total. The summed E-state index contributed by atoms with van der Waals surface area (Å²) in [6.07, 6.45) is 3.96. The van der Waals surface area contributed by atoms with Gasteiger partial charge in [-0.2, -0.15) is 5.10 Å².